The molecule has 6 heteroatoms. The van der Waals surface area contributed by atoms with Crippen molar-refractivity contribution in [1.29, 1.82) is 0 Å². The zero-order valence-electron chi connectivity index (χ0n) is 14.9. The minimum Gasteiger partial charge on any atom is -0.398 e. The summed E-state index contributed by atoms with van der Waals surface area (Å²) in [6.45, 7) is 4.20. The number of benzene rings is 2. The van der Waals surface area contributed by atoms with Crippen LogP contribution in [0.1, 0.15) is 33.2 Å². The number of rotatable bonds is 3. The molecule has 1 aliphatic rings. The molecule has 0 saturated carbocycles. The van der Waals surface area contributed by atoms with Crippen LogP contribution in [0, 0.1) is 0 Å². The van der Waals surface area contributed by atoms with Gasteiger partial charge in [-0.05, 0) is 36.2 Å². The summed E-state index contributed by atoms with van der Waals surface area (Å²) in [6, 6.07) is 14.8. The maximum absolute atomic E-state index is 12.6. The predicted molar refractivity (Wildman–Crippen MR) is 106 cm³/mol. The summed E-state index contributed by atoms with van der Waals surface area (Å²) < 4.78 is 0. The first-order valence-electron chi connectivity index (χ1n) is 8.62. The van der Waals surface area contributed by atoms with E-state index < -0.39 is 0 Å². The summed E-state index contributed by atoms with van der Waals surface area (Å²) in [5, 5.41) is 0. The molecule has 2 aromatic carbocycles. The summed E-state index contributed by atoms with van der Waals surface area (Å²) in [4.78, 5) is 28.7. The Labute approximate surface area is 160 Å². The van der Waals surface area contributed by atoms with Gasteiger partial charge in [-0.25, -0.2) is 0 Å². The number of hydrogen-bond donors (Lipinski definition) is 1. The van der Waals surface area contributed by atoms with E-state index in [0.29, 0.717) is 43.0 Å². The minimum absolute atomic E-state index is 0. The van der Waals surface area contributed by atoms with Gasteiger partial charge in [-0.2, -0.15) is 0 Å². The number of nitrogens with two attached hydrogens (primary N) is 1. The Morgan fingerprint density at radius 1 is 0.885 bits per heavy atom. The maximum Gasteiger partial charge on any atom is 0.256 e. The summed E-state index contributed by atoms with van der Waals surface area (Å²) in [7, 11) is 0. The average Bonchev–Trinajstić information content (AvgIpc) is 2.67. The number of hydrogen-bond acceptors (Lipinski definition) is 3. The molecule has 2 amide bonds. The predicted octanol–water partition coefficient (Wildman–Crippen LogP) is 2.85. The van der Waals surface area contributed by atoms with Crippen LogP contribution in [0.4, 0.5) is 5.69 Å². The van der Waals surface area contributed by atoms with Gasteiger partial charge in [-0.3, -0.25) is 9.59 Å². The minimum atomic E-state index is -0.0718. The second-order valence-electron chi connectivity index (χ2n) is 6.22. The molecular formula is C20H24ClN3O2. The van der Waals surface area contributed by atoms with Gasteiger partial charge in [0.1, 0.15) is 0 Å². The Kier molecular flexibility index (Phi) is 6.64. The number of anilines is 1. The number of nitrogens with zero attached hydrogens (tertiary/aromatic N) is 2. The van der Waals surface area contributed by atoms with E-state index in [1.54, 1.807) is 21.9 Å². The van der Waals surface area contributed by atoms with Gasteiger partial charge in [-0.15, -0.1) is 12.4 Å². The number of nitrogen functional groups attached to an aromatic ring is 1. The Morgan fingerprint density at radius 2 is 1.42 bits per heavy atom. The lowest BCUT2D eigenvalue weighted by atomic mass is 10.1. The highest BCUT2D eigenvalue weighted by Gasteiger charge is 2.26. The molecule has 2 N–H and O–H groups in total. The van der Waals surface area contributed by atoms with E-state index in [1.165, 1.54) is 5.56 Å². The quantitative estimate of drug-likeness (QED) is 0.841. The van der Waals surface area contributed by atoms with Crippen LogP contribution < -0.4 is 5.73 Å². The fourth-order valence-corrected chi connectivity index (χ4v) is 3.04. The number of piperazine rings is 1. The monoisotopic (exact) mass is 373 g/mol. The van der Waals surface area contributed by atoms with Crippen molar-refractivity contribution in [2.75, 3.05) is 31.9 Å². The molecule has 1 saturated heterocycles. The summed E-state index contributed by atoms with van der Waals surface area (Å²) in [5.74, 6) is -0.0496. The van der Waals surface area contributed by atoms with E-state index in [0.717, 1.165) is 6.42 Å². The zero-order valence-corrected chi connectivity index (χ0v) is 15.7. The highest BCUT2D eigenvalue weighted by molar-refractivity contribution is 5.99. The summed E-state index contributed by atoms with van der Waals surface area (Å²) >= 11 is 0. The first kappa shape index (κ1) is 19.8. The molecule has 0 atom stereocenters. The highest BCUT2D eigenvalue weighted by Crippen LogP contribution is 2.16. The van der Waals surface area contributed by atoms with Gasteiger partial charge in [0.2, 0.25) is 0 Å². The van der Waals surface area contributed by atoms with Crippen LogP contribution in [0.2, 0.25) is 0 Å². The van der Waals surface area contributed by atoms with Crippen molar-refractivity contribution in [2.45, 2.75) is 13.3 Å². The molecule has 1 aliphatic heterocycles. The van der Waals surface area contributed by atoms with Crippen molar-refractivity contribution >= 4 is 29.9 Å². The van der Waals surface area contributed by atoms with E-state index >= 15 is 0 Å². The first-order valence-corrected chi connectivity index (χ1v) is 8.62. The van der Waals surface area contributed by atoms with Gasteiger partial charge >= 0.3 is 0 Å². The van der Waals surface area contributed by atoms with E-state index in [-0.39, 0.29) is 24.2 Å². The van der Waals surface area contributed by atoms with Gasteiger partial charge in [0.05, 0.1) is 5.56 Å². The van der Waals surface area contributed by atoms with Crippen molar-refractivity contribution < 1.29 is 9.59 Å². The lowest BCUT2D eigenvalue weighted by Gasteiger charge is -2.35. The standard InChI is InChI=1S/C20H23N3O2.ClH/c1-2-15-7-9-16(10-8-15)19(24)22-11-13-23(14-12-22)20(25)17-5-3-4-6-18(17)21;/h3-10H,2,11-14,21H2,1H3;1H. The molecule has 0 aliphatic carbocycles. The Bertz CT molecular complexity index is 769. The summed E-state index contributed by atoms with van der Waals surface area (Å²) in [6.07, 6.45) is 0.956. The number of halogens is 1. The average molecular weight is 374 g/mol. The number of carbonyl (C=O) groups is 2. The topological polar surface area (TPSA) is 66.6 Å². The fourth-order valence-electron chi connectivity index (χ4n) is 3.04. The van der Waals surface area contributed by atoms with Crippen molar-refractivity contribution in [2.24, 2.45) is 0 Å². The van der Waals surface area contributed by atoms with E-state index in [2.05, 4.69) is 6.92 Å². The first-order chi connectivity index (χ1) is 12.1. The normalized spacial score (nSPS) is 13.9. The third-order valence-electron chi connectivity index (χ3n) is 4.65. The van der Waals surface area contributed by atoms with Crippen LogP contribution in [-0.4, -0.2) is 47.8 Å². The van der Waals surface area contributed by atoms with Crippen LogP contribution in [0.15, 0.2) is 48.5 Å². The van der Waals surface area contributed by atoms with Crippen LogP contribution in [0.3, 0.4) is 0 Å². The molecule has 0 spiro atoms. The lowest BCUT2D eigenvalue weighted by molar-refractivity contribution is 0.0536. The van der Waals surface area contributed by atoms with Crippen LogP contribution in [0.25, 0.3) is 0 Å². The van der Waals surface area contributed by atoms with Gasteiger partial charge in [0.25, 0.3) is 11.8 Å². The van der Waals surface area contributed by atoms with Gasteiger partial charge < -0.3 is 15.5 Å². The lowest BCUT2D eigenvalue weighted by Crippen LogP contribution is -2.50. The molecule has 2 aromatic rings. The van der Waals surface area contributed by atoms with Crippen LogP contribution in [0.5, 0.6) is 0 Å². The second kappa shape index (κ2) is 8.72. The Morgan fingerprint density at radius 3 is 1.96 bits per heavy atom. The fraction of sp³-hybridized carbons (Fsp3) is 0.300. The van der Waals surface area contributed by atoms with Gasteiger partial charge in [0.15, 0.2) is 0 Å². The molecule has 1 heterocycles. The van der Waals surface area contributed by atoms with Crippen LogP contribution >= 0.6 is 12.4 Å². The smallest absolute Gasteiger partial charge is 0.256 e. The second-order valence-corrected chi connectivity index (χ2v) is 6.22. The molecule has 0 radical (unpaired) electrons. The Balaban J connectivity index is 0.00000243. The molecule has 1 fully saturated rings. The number of para-hydroxylation sites is 1. The molecule has 26 heavy (non-hydrogen) atoms. The Hall–Kier alpha value is -2.53. The van der Waals surface area contributed by atoms with E-state index in [4.69, 9.17) is 5.73 Å². The summed E-state index contributed by atoms with van der Waals surface area (Å²) in [5.41, 5.74) is 8.82. The molecular weight excluding hydrogens is 350 g/mol. The van der Waals surface area contributed by atoms with Crippen molar-refractivity contribution in [3.63, 3.8) is 0 Å². The largest absolute Gasteiger partial charge is 0.398 e. The number of carbonyl (C=O) groups excluding carboxylic acids is 2. The van der Waals surface area contributed by atoms with Crippen LogP contribution in [-0.2, 0) is 6.42 Å². The van der Waals surface area contributed by atoms with Gasteiger partial charge in [0, 0.05) is 37.4 Å². The molecule has 3 rings (SSSR count). The van der Waals surface area contributed by atoms with E-state index in [1.807, 2.05) is 36.4 Å². The van der Waals surface area contributed by atoms with Crippen molar-refractivity contribution in [3.8, 4) is 0 Å². The van der Waals surface area contributed by atoms with Gasteiger partial charge in [-0.1, -0.05) is 31.2 Å². The number of aryl methyl sites for hydroxylation is 1. The molecule has 0 unspecified atom stereocenters. The molecule has 0 aromatic heterocycles. The molecule has 138 valence electrons. The van der Waals surface area contributed by atoms with Crippen molar-refractivity contribution in [3.05, 3.63) is 65.2 Å². The molecule has 0 bridgehead atoms. The van der Waals surface area contributed by atoms with E-state index in [9.17, 15) is 9.59 Å². The highest BCUT2D eigenvalue weighted by atomic mass is 35.5. The third-order valence-corrected chi connectivity index (χ3v) is 4.65. The SMILES string of the molecule is CCc1ccc(C(=O)N2CCN(C(=O)c3ccccc3N)CC2)cc1.Cl. The number of amides is 2. The zero-order chi connectivity index (χ0) is 17.8. The third kappa shape index (κ3) is 4.17. The maximum atomic E-state index is 12.6. The molecule has 5 nitrogen and oxygen atoms in total. The van der Waals surface area contributed by atoms with Crippen molar-refractivity contribution in [1.82, 2.24) is 9.80 Å².